The van der Waals surface area contributed by atoms with E-state index in [9.17, 15) is 43.2 Å². The van der Waals surface area contributed by atoms with Crippen LogP contribution in [0, 0.1) is 23.7 Å². The smallest absolute Gasteiger partial charge is 0.462 e. The molecule has 0 aromatic rings. The van der Waals surface area contributed by atoms with Crippen LogP contribution in [-0.2, 0) is 65.4 Å². The second-order valence-electron chi connectivity index (χ2n) is 25.5. The number of esters is 4. The second-order valence-corrected chi connectivity index (χ2v) is 28.4. The van der Waals surface area contributed by atoms with Crippen LogP contribution in [0.4, 0.5) is 0 Å². The van der Waals surface area contributed by atoms with Crippen molar-refractivity contribution in [1.29, 1.82) is 0 Å². The summed E-state index contributed by atoms with van der Waals surface area (Å²) in [6, 6.07) is 0. The predicted octanol–water partition coefficient (Wildman–Crippen LogP) is 18.1. The van der Waals surface area contributed by atoms with E-state index in [-0.39, 0.29) is 25.7 Å². The van der Waals surface area contributed by atoms with E-state index in [1.807, 2.05) is 0 Å². The predicted molar refractivity (Wildman–Crippen MR) is 340 cm³/mol. The summed E-state index contributed by atoms with van der Waals surface area (Å²) >= 11 is 0. The molecule has 0 fully saturated rings. The van der Waals surface area contributed by atoms with Gasteiger partial charge in [-0.05, 0) is 49.4 Å². The highest BCUT2D eigenvalue weighted by Crippen LogP contribution is 2.45. The summed E-state index contributed by atoms with van der Waals surface area (Å²) < 4.78 is 68.0. The van der Waals surface area contributed by atoms with Crippen molar-refractivity contribution in [1.82, 2.24) is 0 Å². The van der Waals surface area contributed by atoms with Gasteiger partial charge in [-0.25, -0.2) is 9.13 Å². The number of hydrogen-bond acceptors (Lipinski definition) is 15. The molecule has 6 atom stereocenters. The van der Waals surface area contributed by atoms with E-state index in [2.05, 4.69) is 55.4 Å². The van der Waals surface area contributed by atoms with Crippen LogP contribution in [0.2, 0.25) is 0 Å². The van der Waals surface area contributed by atoms with Crippen LogP contribution in [0.3, 0.4) is 0 Å². The first kappa shape index (κ1) is 83.1. The molecule has 17 nitrogen and oxygen atoms in total. The largest absolute Gasteiger partial charge is 0.472 e. The summed E-state index contributed by atoms with van der Waals surface area (Å²) in [5.41, 5.74) is 0. The summed E-state index contributed by atoms with van der Waals surface area (Å²) in [5.74, 6) is 0.782. The Morgan fingerprint density at radius 3 is 0.835 bits per heavy atom. The third kappa shape index (κ3) is 59.5. The Labute approximate surface area is 517 Å². The van der Waals surface area contributed by atoms with Crippen LogP contribution in [0.1, 0.15) is 319 Å². The van der Waals surface area contributed by atoms with Crippen molar-refractivity contribution < 1.29 is 80.2 Å². The zero-order valence-corrected chi connectivity index (χ0v) is 57.0. The summed E-state index contributed by atoms with van der Waals surface area (Å²) in [4.78, 5) is 72.3. The molecule has 3 N–H and O–H groups in total. The number of phosphoric acid groups is 2. The van der Waals surface area contributed by atoms with Gasteiger partial charge in [-0.3, -0.25) is 37.3 Å². The minimum Gasteiger partial charge on any atom is -0.462 e. The zero-order valence-electron chi connectivity index (χ0n) is 55.2. The molecule has 0 aliphatic rings. The van der Waals surface area contributed by atoms with Gasteiger partial charge >= 0.3 is 39.5 Å². The lowest BCUT2D eigenvalue weighted by Crippen LogP contribution is -2.30. The van der Waals surface area contributed by atoms with Crippen LogP contribution in [0.15, 0.2) is 0 Å². The van der Waals surface area contributed by atoms with Crippen molar-refractivity contribution in [2.24, 2.45) is 23.7 Å². The topological polar surface area (TPSA) is 237 Å². The first-order valence-electron chi connectivity index (χ1n) is 34.2. The molecule has 0 spiro atoms. The molecule has 85 heavy (non-hydrogen) atoms. The first-order valence-corrected chi connectivity index (χ1v) is 37.2. The van der Waals surface area contributed by atoms with Crippen LogP contribution >= 0.6 is 15.6 Å². The number of rotatable bonds is 63. The van der Waals surface area contributed by atoms with E-state index in [1.54, 1.807) is 0 Å². The molecular formula is C66H128O17P2. The molecule has 0 rings (SSSR count). The molecule has 0 heterocycles. The van der Waals surface area contributed by atoms with Crippen LogP contribution in [0.5, 0.6) is 0 Å². The Bertz CT molecular complexity index is 1700. The highest BCUT2D eigenvalue weighted by Gasteiger charge is 2.30. The molecule has 0 saturated carbocycles. The number of carbonyl (C=O) groups is 4. The lowest BCUT2D eigenvalue weighted by atomic mass is 9.99. The SMILES string of the molecule is CCC(C)CCCCCCCCCCCCC(=O)OC[C@H](COP(=O)(O)OC[C@@H](O)COP(=O)(O)OC[C@@H](COC(=O)CCCCCCCCC(C)C)OC(=O)CCCCCCCCCC(C)C)OC(=O)CCCCCCCCCCCC(C)C. The Balaban J connectivity index is 5.25. The molecule has 0 aliphatic carbocycles. The van der Waals surface area contributed by atoms with Gasteiger partial charge in [0, 0.05) is 25.7 Å². The fourth-order valence-corrected chi connectivity index (χ4v) is 11.3. The summed E-state index contributed by atoms with van der Waals surface area (Å²) in [6.07, 6.45) is 36.4. The maximum Gasteiger partial charge on any atom is 0.472 e. The van der Waals surface area contributed by atoms with Gasteiger partial charge in [-0.1, -0.05) is 267 Å². The van der Waals surface area contributed by atoms with Gasteiger partial charge in [-0.2, -0.15) is 0 Å². The molecule has 0 amide bonds. The minimum absolute atomic E-state index is 0.102. The van der Waals surface area contributed by atoms with E-state index >= 15 is 0 Å². The Hall–Kier alpha value is -1.94. The maximum absolute atomic E-state index is 13.0. The van der Waals surface area contributed by atoms with E-state index in [4.69, 9.17) is 37.0 Å². The van der Waals surface area contributed by atoms with E-state index in [0.29, 0.717) is 37.5 Å². The number of unbranched alkanes of at least 4 members (excludes halogenated alkanes) is 28. The lowest BCUT2D eigenvalue weighted by Gasteiger charge is -2.21. The van der Waals surface area contributed by atoms with Gasteiger partial charge in [0.1, 0.15) is 19.3 Å². The minimum atomic E-state index is -4.95. The number of phosphoric ester groups is 2. The molecule has 0 aromatic heterocycles. The molecule has 0 saturated heterocycles. The van der Waals surface area contributed by atoms with Crippen molar-refractivity contribution in [2.45, 2.75) is 337 Å². The van der Waals surface area contributed by atoms with Gasteiger partial charge in [-0.15, -0.1) is 0 Å². The summed E-state index contributed by atoms with van der Waals surface area (Å²) in [5, 5.41) is 10.5. The van der Waals surface area contributed by atoms with Crippen molar-refractivity contribution in [2.75, 3.05) is 39.6 Å². The molecule has 3 unspecified atom stereocenters. The monoisotopic (exact) mass is 1250 g/mol. The molecule has 0 radical (unpaired) electrons. The Morgan fingerprint density at radius 1 is 0.329 bits per heavy atom. The second kappa shape index (κ2) is 56.1. The van der Waals surface area contributed by atoms with Crippen molar-refractivity contribution in [3.05, 3.63) is 0 Å². The van der Waals surface area contributed by atoms with Crippen molar-refractivity contribution >= 4 is 39.5 Å². The average Bonchev–Trinajstić information content (AvgIpc) is 3.46. The normalized spacial score (nSPS) is 14.7. The molecule has 0 aromatic carbocycles. The Kier molecular flexibility index (Phi) is 54.8. The number of carbonyl (C=O) groups excluding carboxylic acids is 4. The van der Waals surface area contributed by atoms with Crippen molar-refractivity contribution in [3.63, 3.8) is 0 Å². The van der Waals surface area contributed by atoms with Crippen LogP contribution in [0.25, 0.3) is 0 Å². The molecule has 504 valence electrons. The quantitative estimate of drug-likeness (QED) is 0.0222. The number of ether oxygens (including phenoxy) is 4. The fourth-order valence-electron chi connectivity index (χ4n) is 9.75. The van der Waals surface area contributed by atoms with Crippen LogP contribution < -0.4 is 0 Å². The fraction of sp³-hybridized carbons (Fsp3) is 0.939. The first-order chi connectivity index (χ1) is 40.6. The van der Waals surface area contributed by atoms with E-state index in [1.165, 1.54) is 116 Å². The van der Waals surface area contributed by atoms with Crippen LogP contribution in [-0.4, -0.2) is 96.7 Å². The summed E-state index contributed by atoms with van der Waals surface area (Å²) in [6.45, 7) is 14.0. The molecule has 0 bridgehead atoms. The molecule has 0 aliphatic heterocycles. The maximum atomic E-state index is 13.0. The molecular weight excluding hydrogens is 1130 g/mol. The Morgan fingerprint density at radius 2 is 0.565 bits per heavy atom. The highest BCUT2D eigenvalue weighted by molar-refractivity contribution is 7.47. The lowest BCUT2D eigenvalue weighted by molar-refractivity contribution is -0.161. The third-order valence-corrected chi connectivity index (χ3v) is 17.3. The summed E-state index contributed by atoms with van der Waals surface area (Å²) in [7, 11) is -9.89. The number of aliphatic hydroxyl groups is 1. The van der Waals surface area contributed by atoms with Gasteiger partial charge < -0.3 is 33.8 Å². The van der Waals surface area contributed by atoms with Gasteiger partial charge in [0.2, 0.25) is 0 Å². The number of hydrogen-bond donors (Lipinski definition) is 3. The molecule has 19 heteroatoms. The number of aliphatic hydroxyl groups excluding tert-OH is 1. The van der Waals surface area contributed by atoms with Gasteiger partial charge in [0.05, 0.1) is 26.4 Å². The standard InChI is InChI=1S/C66H128O17P2/c1-9-59(8)45-37-29-20-14-10-11-15-21-30-38-46-63(68)76-52-61(82-65(70)48-40-32-22-16-12-13-18-26-34-42-56(2)3)54-80-84(72,73)78-50-60(67)51-79-85(74,75)81-55-62(53-77-64(69)47-39-31-25-24-28-36-44-58(6)7)83-66(71)49-41-33-23-17-19-27-35-43-57(4)5/h56-62,67H,9-55H2,1-8H3,(H,72,73)(H,74,75)/t59?,60-,61-,62-/m1/s1. The average molecular weight is 1260 g/mol. The van der Waals surface area contributed by atoms with Gasteiger partial charge in [0.15, 0.2) is 12.2 Å². The van der Waals surface area contributed by atoms with E-state index < -0.39 is 97.5 Å². The van der Waals surface area contributed by atoms with Gasteiger partial charge in [0.25, 0.3) is 0 Å². The zero-order chi connectivity index (χ0) is 63.2. The third-order valence-electron chi connectivity index (χ3n) is 15.4. The van der Waals surface area contributed by atoms with Crippen molar-refractivity contribution in [3.8, 4) is 0 Å². The highest BCUT2D eigenvalue weighted by atomic mass is 31.2. The van der Waals surface area contributed by atoms with E-state index in [0.717, 1.165) is 108 Å².